The van der Waals surface area contributed by atoms with Crippen LogP contribution >= 0.6 is 0 Å². The first-order chi connectivity index (χ1) is 7.81. The molecule has 0 aliphatic carbocycles. The summed E-state index contributed by atoms with van der Waals surface area (Å²) in [5, 5.41) is 0. The summed E-state index contributed by atoms with van der Waals surface area (Å²) in [5.41, 5.74) is 1.23. The van der Waals surface area contributed by atoms with Crippen molar-refractivity contribution in [2.24, 2.45) is 0 Å². The molecule has 0 bridgehead atoms. The van der Waals surface area contributed by atoms with E-state index in [1.165, 1.54) is 17.9 Å². The zero-order valence-electron chi connectivity index (χ0n) is 9.89. The van der Waals surface area contributed by atoms with Gasteiger partial charge in [0.05, 0.1) is 0 Å². The Balaban J connectivity index is 5.23. The lowest BCUT2D eigenvalue weighted by Crippen LogP contribution is -2.48. The average molecular weight is 258 g/mol. The van der Waals surface area contributed by atoms with Gasteiger partial charge in [0.1, 0.15) is 0 Å². The van der Waals surface area contributed by atoms with E-state index in [2.05, 4.69) is 6.58 Å². The molecular formula is C10H14O6Si. The third-order valence-electron chi connectivity index (χ3n) is 1.29. The second-order valence-electron chi connectivity index (χ2n) is 2.98. The van der Waals surface area contributed by atoms with Crippen LogP contribution < -0.4 is 0 Å². The zero-order chi connectivity index (χ0) is 13.5. The van der Waals surface area contributed by atoms with Crippen LogP contribution in [0.5, 0.6) is 0 Å². The van der Waals surface area contributed by atoms with Gasteiger partial charge >= 0.3 is 8.80 Å². The Morgan fingerprint density at radius 3 is 1.53 bits per heavy atom. The summed E-state index contributed by atoms with van der Waals surface area (Å²) in [4.78, 5) is 32.9. The van der Waals surface area contributed by atoms with Crippen LogP contribution in [0.15, 0.2) is 24.4 Å². The van der Waals surface area contributed by atoms with E-state index in [4.69, 9.17) is 13.3 Å². The maximum Gasteiger partial charge on any atom is 0.735 e. The van der Waals surface area contributed by atoms with Crippen molar-refractivity contribution < 1.29 is 27.7 Å². The Kier molecular flexibility index (Phi) is 5.90. The van der Waals surface area contributed by atoms with Crippen LogP contribution in [0.4, 0.5) is 0 Å². The summed E-state index contributed by atoms with van der Waals surface area (Å²) in [7, 11) is -3.81. The summed E-state index contributed by atoms with van der Waals surface area (Å²) >= 11 is 0. The van der Waals surface area contributed by atoms with Gasteiger partial charge in [-0.2, -0.15) is 0 Å². The second kappa shape index (κ2) is 6.64. The predicted octanol–water partition coefficient (Wildman–Crippen LogP) is 0.896. The fraction of sp³-hybridized carbons (Fsp3) is 0.300. The van der Waals surface area contributed by atoms with Gasteiger partial charge in [-0.15, -0.1) is 0 Å². The standard InChI is InChI=1S/C10H14O6Si/c1-5-6-7-17(14-8(2)11,15-9(3)12)16-10(4)13/h5-7H,1H2,2-4H3. The molecule has 0 saturated carbocycles. The van der Waals surface area contributed by atoms with Crippen molar-refractivity contribution in [3.8, 4) is 0 Å². The fourth-order valence-corrected chi connectivity index (χ4v) is 2.85. The lowest BCUT2D eigenvalue weighted by Gasteiger charge is -2.22. The lowest BCUT2D eigenvalue weighted by molar-refractivity contribution is -0.146. The SMILES string of the molecule is C=CC=C[Si](OC(C)=O)(OC(C)=O)OC(C)=O. The van der Waals surface area contributed by atoms with E-state index in [0.717, 1.165) is 20.8 Å². The number of carbonyl (C=O) groups is 3. The molecule has 7 heteroatoms. The number of allylic oxidation sites excluding steroid dienone is 2. The third kappa shape index (κ3) is 6.31. The molecule has 0 fully saturated rings. The molecule has 0 aliphatic heterocycles. The van der Waals surface area contributed by atoms with Crippen LogP contribution in [-0.2, 0) is 27.7 Å². The van der Waals surface area contributed by atoms with Crippen molar-refractivity contribution in [1.82, 2.24) is 0 Å². The van der Waals surface area contributed by atoms with Crippen LogP contribution in [0, 0.1) is 0 Å². The molecule has 17 heavy (non-hydrogen) atoms. The van der Waals surface area contributed by atoms with E-state index in [-0.39, 0.29) is 0 Å². The van der Waals surface area contributed by atoms with Crippen molar-refractivity contribution in [2.45, 2.75) is 20.8 Å². The van der Waals surface area contributed by atoms with Crippen molar-refractivity contribution >= 4 is 26.7 Å². The van der Waals surface area contributed by atoms with Gasteiger partial charge < -0.3 is 13.3 Å². The summed E-state index contributed by atoms with van der Waals surface area (Å²) in [5.74, 6) is -2.14. The summed E-state index contributed by atoms with van der Waals surface area (Å²) in [6, 6.07) is 0. The molecule has 6 nitrogen and oxygen atoms in total. The number of hydrogen-bond donors (Lipinski definition) is 0. The molecule has 0 heterocycles. The van der Waals surface area contributed by atoms with Crippen LogP contribution in [-0.4, -0.2) is 26.7 Å². The lowest BCUT2D eigenvalue weighted by atomic mass is 10.6. The molecule has 0 aliphatic rings. The Hall–Kier alpha value is -1.89. The Morgan fingerprint density at radius 2 is 1.29 bits per heavy atom. The minimum absolute atomic E-state index is 0.715. The number of hydrogen-bond acceptors (Lipinski definition) is 6. The van der Waals surface area contributed by atoms with Gasteiger partial charge in [0.25, 0.3) is 17.9 Å². The van der Waals surface area contributed by atoms with Crippen molar-refractivity contribution in [3.05, 3.63) is 24.4 Å². The molecule has 0 unspecified atom stereocenters. The molecule has 0 spiro atoms. The molecule has 0 rings (SSSR count). The summed E-state index contributed by atoms with van der Waals surface area (Å²) in [6.45, 7) is 6.78. The van der Waals surface area contributed by atoms with Gasteiger partial charge in [-0.1, -0.05) is 18.7 Å². The van der Waals surface area contributed by atoms with Gasteiger partial charge in [-0.25, -0.2) is 0 Å². The second-order valence-corrected chi connectivity index (χ2v) is 5.13. The monoisotopic (exact) mass is 258 g/mol. The topological polar surface area (TPSA) is 78.9 Å². The highest BCUT2D eigenvalue weighted by atomic mass is 28.4. The van der Waals surface area contributed by atoms with E-state index in [0.29, 0.717) is 0 Å². The maximum absolute atomic E-state index is 11.0. The van der Waals surface area contributed by atoms with Crippen LogP contribution in [0.1, 0.15) is 20.8 Å². The first-order valence-corrected chi connectivity index (χ1v) is 6.50. The fourth-order valence-electron chi connectivity index (χ4n) is 0.951. The van der Waals surface area contributed by atoms with Crippen LogP contribution in [0.3, 0.4) is 0 Å². The van der Waals surface area contributed by atoms with Crippen molar-refractivity contribution in [1.29, 1.82) is 0 Å². The van der Waals surface area contributed by atoms with E-state index in [1.54, 1.807) is 0 Å². The largest absolute Gasteiger partial charge is 0.735 e. The van der Waals surface area contributed by atoms with E-state index in [1.807, 2.05) is 0 Å². The van der Waals surface area contributed by atoms with Gasteiger partial charge in [0.15, 0.2) is 0 Å². The highest BCUT2D eigenvalue weighted by molar-refractivity contribution is 6.70. The average Bonchev–Trinajstić information content (AvgIpc) is 2.11. The van der Waals surface area contributed by atoms with Crippen molar-refractivity contribution in [2.75, 3.05) is 0 Å². The van der Waals surface area contributed by atoms with Gasteiger partial charge in [-0.3, -0.25) is 14.4 Å². The predicted molar refractivity (Wildman–Crippen MR) is 60.4 cm³/mol. The minimum atomic E-state index is -3.81. The summed E-state index contributed by atoms with van der Waals surface area (Å²) < 4.78 is 14.5. The van der Waals surface area contributed by atoms with Crippen LogP contribution in [0.2, 0.25) is 0 Å². The molecule has 0 aromatic rings. The number of carbonyl (C=O) groups excluding carboxylic acids is 3. The van der Waals surface area contributed by atoms with Crippen LogP contribution in [0.25, 0.3) is 0 Å². The van der Waals surface area contributed by atoms with Crippen molar-refractivity contribution in [3.63, 3.8) is 0 Å². The quantitative estimate of drug-likeness (QED) is 0.538. The molecule has 0 amide bonds. The first kappa shape index (κ1) is 15.1. The molecule has 94 valence electrons. The Bertz CT molecular complexity index is 319. The molecule has 0 atom stereocenters. The third-order valence-corrected chi connectivity index (χ3v) is 3.61. The zero-order valence-corrected chi connectivity index (χ0v) is 10.9. The molecule has 0 aromatic heterocycles. The minimum Gasteiger partial charge on any atom is -0.452 e. The first-order valence-electron chi connectivity index (χ1n) is 4.70. The molecule has 0 aromatic carbocycles. The Labute approximate surface area is 100 Å². The molecule has 0 saturated heterocycles. The molecule has 0 radical (unpaired) electrons. The van der Waals surface area contributed by atoms with E-state index in [9.17, 15) is 14.4 Å². The molecular weight excluding hydrogens is 244 g/mol. The molecule has 0 N–H and O–H groups in total. The van der Waals surface area contributed by atoms with Gasteiger partial charge in [-0.05, 0) is 0 Å². The maximum atomic E-state index is 11.0. The smallest absolute Gasteiger partial charge is 0.452 e. The van der Waals surface area contributed by atoms with E-state index < -0.39 is 26.7 Å². The number of rotatable bonds is 5. The van der Waals surface area contributed by atoms with Gasteiger partial charge in [0.2, 0.25) is 0 Å². The highest BCUT2D eigenvalue weighted by Gasteiger charge is 2.49. The summed E-state index contributed by atoms with van der Waals surface area (Å²) in [6.07, 6.45) is 2.75. The highest BCUT2D eigenvalue weighted by Crippen LogP contribution is 2.13. The van der Waals surface area contributed by atoms with E-state index >= 15 is 0 Å². The van der Waals surface area contributed by atoms with Gasteiger partial charge in [0, 0.05) is 26.5 Å². The Morgan fingerprint density at radius 1 is 0.941 bits per heavy atom. The normalized spacial score (nSPS) is 10.8.